The molecule has 2 N–H and O–H groups in total. The fourth-order valence-corrected chi connectivity index (χ4v) is 1.75. The molecule has 1 fully saturated rings. The number of aromatic amines is 1. The molecule has 4 heteroatoms. The van der Waals surface area contributed by atoms with E-state index in [9.17, 15) is 4.79 Å². The summed E-state index contributed by atoms with van der Waals surface area (Å²) in [5.41, 5.74) is 1.95. The number of hydrogen-bond donors (Lipinski definition) is 2. The fourth-order valence-electron chi connectivity index (χ4n) is 1.75. The van der Waals surface area contributed by atoms with E-state index in [1.807, 2.05) is 24.3 Å². The van der Waals surface area contributed by atoms with Crippen LogP contribution in [0.25, 0.3) is 11.0 Å². The molecule has 2 aromatic rings. The highest BCUT2D eigenvalue weighted by atomic mass is 16.2. The van der Waals surface area contributed by atoms with Gasteiger partial charge in [0.05, 0.1) is 17.6 Å². The number of aromatic nitrogens is 2. The van der Waals surface area contributed by atoms with Crippen molar-refractivity contribution in [2.75, 3.05) is 0 Å². The van der Waals surface area contributed by atoms with Crippen molar-refractivity contribution in [3.63, 3.8) is 0 Å². The summed E-state index contributed by atoms with van der Waals surface area (Å²) in [5.74, 6) is 1.22. The molecule has 1 aromatic heterocycles. The first-order valence-electron chi connectivity index (χ1n) is 5.54. The van der Waals surface area contributed by atoms with Crippen molar-refractivity contribution in [1.82, 2.24) is 15.3 Å². The number of amides is 1. The molecule has 1 aliphatic carbocycles. The summed E-state index contributed by atoms with van der Waals surface area (Å²) in [5, 5.41) is 2.89. The number of rotatable bonds is 3. The van der Waals surface area contributed by atoms with Gasteiger partial charge in [-0.25, -0.2) is 4.98 Å². The van der Waals surface area contributed by atoms with Gasteiger partial charge in [-0.3, -0.25) is 4.79 Å². The van der Waals surface area contributed by atoms with Crippen LogP contribution in [0.5, 0.6) is 0 Å². The van der Waals surface area contributed by atoms with Crippen molar-refractivity contribution in [3.8, 4) is 0 Å². The maximum Gasteiger partial charge on any atom is 0.223 e. The minimum Gasteiger partial charge on any atom is -0.349 e. The van der Waals surface area contributed by atoms with Gasteiger partial charge in [-0.05, 0) is 25.0 Å². The van der Waals surface area contributed by atoms with Gasteiger partial charge in [-0.15, -0.1) is 0 Å². The quantitative estimate of drug-likeness (QED) is 0.816. The molecule has 0 radical (unpaired) electrons. The molecule has 1 saturated carbocycles. The molecular weight excluding hydrogens is 202 g/mol. The van der Waals surface area contributed by atoms with Gasteiger partial charge in [0.25, 0.3) is 0 Å². The highest BCUT2D eigenvalue weighted by Gasteiger charge is 2.29. The first kappa shape index (κ1) is 9.39. The second kappa shape index (κ2) is 3.63. The number of hydrogen-bond acceptors (Lipinski definition) is 2. The third kappa shape index (κ3) is 1.78. The Balaban J connectivity index is 1.71. The predicted molar refractivity (Wildman–Crippen MR) is 60.7 cm³/mol. The average Bonchev–Trinajstić information content (AvgIpc) is 3.06. The standard InChI is InChI=1S/C12H13N3O/c16-12(8-5-6-8)13-7-11-14-9-3-1-2-4-10(9)15-11/h1-4,8H,5-7H2,(H,13,16)(H,14,15). The smallest absolute Gasteiger partial charge is 0.223 e. The number of nitrogens with zero attached hydrogens (tertiary/aromatic N) is 1. The summed E-state index contributed by atoms with van der Waals surface area (Å²) in [6.07, 6.45) is 2.07. The van der Waals surface area contributed by atoms with E-state index >= 15 is 0 Å². The summed E-state index contributed by atoms with van der Waals surface area (Å²) >= 11 is 0. The molecular formula is C12H13N3O. The Bertz CT molecular complexity index is 495. The molecule has 0 spiro atoms. The molecule has 82 valence electrons. The molecule has 1 aromatic carbocycles. The molecule has 0 aliphatic heterocycles. The Kier molecular flexibility index (Phi) is 2.13. The highest BCUT2D eigenvalue weighted by molar-refractivity contribution is 5.81. The van der Waals surface area contributed by atoms with Crippen molar-refractivity contribution in [3.05, 3.63) is 30.1 Å². The zero-order valence-electron chi connectivity index (χ0n) is 8.86. The summed E-state index contributed by atoms with van der Waals surface area (Å²) in [6, 6.07) is 7.86. The Hall–Kier alpha value is -1.84. The van der Waals surface area contributed by atoms with Crippen molar-refractivity contribution < 1.29 is 4.79 Å². The number of imidazole rings is 1. The van der Waals surface area contributed by atoms with Crippen LogP contribution in [0, 0.1) is 5.92 Å². The highest BCUT2D eigenvalue weighted by Crippen LogP contribution is 2.28. The van der Waals surface area contributed by atoms with Gasteiger partial charge >= 0.3 is 0 Å². The van der Waals surface area contributed by atoms with Gasteiger partial charge in [0.15, 0.2) is 0 Å². The maximum absolute atomic E-state index is 11.4. The average molecular weight is 215 g/mol. The van der Waals surface area contributed by atoms with E-state index in [0.717, 1.165) is 29.7 Å². The molecule has 16 heavy (non-hydrogen) atoms. The Morgan fingerprint density at radius 1 is 1.44 bits per heavy atom. The molecule has 4 nitrogen and oxygen atoms in total. The number of fused-ring (bicyclic) bond motifs is 1. The molecule has 1 heterocycles. The first-order valence-corrected chi connectivity index (χ1v) is 5.54. The molecule has 0 bridgehead atoms. The molecule has 1 amide bonds. The fraction of sp³-hybridized carbons (Fsp3) is 0.333. The van der Waals surface area contributed by atoms with Gasteiger partial charge in [0.1, 0.15) is 5.82 Å². The Labute approximate surface area is 93.1 Å². The maximum atomic E-state index is 11.4. The number of H-pyrrole nitrogens is 1. The van der Waals surface area contributed by atoms with Crippen LogP contribution in [0.15, 0.2) is 24.3 Å². The van der Waals surface area contributed by atoms with Crippen molar-refractivity contribution >= 4 is 16.9 Å². The van der Waals surface area contributed by atoms with Crippen LogP contribution in [0.1, 0.15) is 18.7 Å². The molecule has 0 unspecified atom stereocenters. The van der Waals surface area contributed by atoms with Crippen LogP contribution in [0.4, 0.5) is 0 Å². The Morgan fingerprint density at radius 2 is 2.25 bits per heavy atom. The second-order valence-electron chi connectivity index (χ2n) is 4.19. The molecule has 1 aliphatic rings. The van der Waals surface area contributed by atoms with Gasteiger partial charge in [-0.2, -0.15) is 0 Å². The number of carbonyl (C=O) groups is 1. The van der Waals surface area contributed by atoms with Crippen LogP contribution in [0.3, 0.4) is 0 Å². The van der Waals surface area contributed by atoms with Crippen molar-refractivity contribution in [2.24, 2.45) is 5.92 Å². The van der Waals surface area contributed by atoms with Gasteiger partial charge in [0, 0.05) is 5.92 Å². The largest absolute Gasteiger partial charge is 0.349 e. The summed E-state index contributed by atoms with van der Waals surface area (Å²) in [7, 11) is 0. The zero-order chi connectivity index (χ0) is 11.0. The summed E-state index contributed by atoms with van der Waals surface area (Å²) in [4.78, 5) is 19.0. The SMILES string of the molecule is O=C(NCc1nc2ccccc2[nH]1)C1CC1. The number of benzene rings is 1. The van der Waals surface area contributed by atoms with Crippen molar-refractivity contribution in [1.29, 1.82) is 0 Å². The van der Waals surface area contributed by atoms with E-state index < -0.39 is 0 Å². The van der Waals surface area contributed by atoms with Crippen LogP contribution in [0.2, 0.25) is 0 Å². The van der Waals surface area contributed by atoms with Crippen LogP contribution >= 0.6 is 0 Å². The predicted octanol–water partition coefficient (Wildman–Crippen LogP) is 1.59. The number of carbonyl (C=O) groups excluding carboxylic acids is 1. The Morgan fingerprint density at radius 3 is 3.00 bits per heavy atom. The third-order valence-corrected chi connectivity index (χ3v) is 2.82. The first-order chi connectivity index (χ1) is 7.83. The van der Waals surface area contributed by atoms with Crippen LogP contribution in [-0.4, -0.2) is 15.9 Å². The van der Waals surface area contributed by atoms with E-state index in [0.29, 0.717) is 6.54 Å². The zero-order valence-corrected chi connectivity index (χ0v) is 8.86. The second-order valence-corrected chi connectivity index (χ2v) is 4.19. The lowest BCUT2D eigenvalue weighted by atomic mass is 10.3. The normalized spacial score (nSPS) is 15.2. The lowest BCUT2D eigenvalue weighted by Gasteiger charge is -2.00. The topological polar surface area (TPSA) is 57.8 Å². The number of nitrogens with one attached hydrogen (secondary N) is 2. The lowest BCUT2D eigenvalue weighted by molar-refractivity contribution is -0.122. The minimum absolute atomic E-state index is 0.153. The monoisotopic (exact) mass is 215 g/mol. The molecule has 0 atom stereocenters. The van der Waals surface area contributed by atoms with E-state index in [1.54, 1.807) is 0 Å². The van der Waals surface area contributed by atoms with E-state index in [2.05, 4.69) is 15.3 Å². The third-order valence-electron chi connectivity index (χ3n) is 2.82. The van der Waals surface area contributed by atoms with Crippen LogP contribution < -0.4 is 5.32 Å². The summed E-state index contributed by atoms with van der Waals surface area (Å²) in [6.45, 7) is 0.490. The molecule has 0 saturated heterocycles. The van der Waals surface area contributed by atoms with Gasteiger partial charge in [0.2, 0.25) is 5.91 Å². The minimum atomic E-state index is 0.153. The van der Waals surface area contributed by atoms with Crippen LogP contribution in [-0.2, 0) is 11.3 Å². The molecule has 3 rings (SSSR count). The van der Waals surface area contributed by atoms with Gasteiger partial charge in [-0.1, -0.05) is 12.1 Å². The van der Waals surface area contributed by atoms with Gasteiger partial charge < -0.3 is 10.3 Å². The van der Waals surface area contributed by atoms with Crippen molar-refractivity contribution in [2.45, 2.75) is 19.4 Å². The number of para-hydroxylation sites is 2. The lowest BCUT2D eigenvalue weighted by Crippen LogP contribution is -2.24. The van der Waals surface area contributed by atoms with E-state index in [-0.39, 0.29) is 11.8 Å². The van der Waals surface area contributed by atoms with E-state index in [1.165, 1.54) is 0 Å². The van der Waals surface area contributed by atoms with E-state index in [4.69, 9.17) is 0 Å². The summed E-state index contributed by atoms with van der Waals surface area (Å²) < 4.78 is 0.